The number of aromatic nitrogens is 1. The predicted molar refractivity (Wildman–Crippen MR) is 115 cm³/mol. The molecule has 0 saturated heterocycles. The van der Waals surface area contributed by atoms with Crippen LogP contribution >= 0.6 is 0 Å². The first-order valence-electron chi connectivity index (χ1n) is 9.40. The number of carbonyl (C=O) groups excluding carboxylic acids is 1. The first-order chi connectivity index (χ1) is 14.2. The van der Waals surface area contributed by atoms with Crippen LogP contribution in [0.4, 0.5) is 0 Å². The Morgan fingerprint density at radius 1 is 0.966 bits per heavy atom. The van der Waals surface area contributed by atoms with Crippen LogP contribution in [0.3, 0.4) is 0 Å². The van der Waals surface area contributed by atoms with Crippen molar-refractivity contribution in [1.29, 1.82) is 0 Å². The first-order valence-corrected chi connectivity index (χ1v) is 9.40. The van der Waals surface area contributed by atoms with E-state index in [0.29, 0.717) is 5.56 Å². The minimum atomic E-state index is -1.26. The van der Waals surface area contributed by atoms with Crippen molar-refractivity contribution in [1.82, 2.24) is 9.99 Å². The molecule has 5 nitrogen and oxygen atoms in total. The van der Waals surface area contributed by atoms with Gasteiger partial charge in [0, 0.05) is 29.2 Å². The average Bonchev–Trinajstić information content (AvgIpc) is 3.12. The van der Waals surface area contributed by atoms with Gasteiger partial charge < -0.3 is 9.67 Å². The van der Waals surface area contributed by atoms with Gasteiger partial charge in [-0.2, -0.15) is 5.10 Å². The molecule has 1 atom stereocenters. The van der Waals surface area contributed by atoms with Crippen molar-refractivity contribution >= 4 is 23.0 Å². The van der Waals surface area contributed by atoms with E-state index in [2.05, 4.69) is 33.3 Å². The van der Waals surface area contributed by atoms with Crippen molar-refractivity contribution < 1.29 is 9.90 Å². The lowest BCUT2D eigenvalue weighted by Gasteiger charge is -2.08. The number of nitrogens with one attached hydrogen (secondary N) is 1. The van der Waals surface area contributed by atoms with Crippen LogP contribution in [0, 0.1) is 0 Å². The van der Waals surface area contributed by atoms with E-state index in [9.17, 15) is 9.90 Å². The number of hydrazone groups is 1. The summed E-state index contributed by atoms with van der Waals surface area (Å²) in [7, 11) is 0. The van der Waals surface area contributed by atoms with Crippen LogP contribution in [0.15, 0.2) is 96.2 Å². The minimum absolute atomic E-state index is 0.527. The fourth-order valence-corrected chi connectivity index (χ4v) is 3.30. The number of benzene rings is 3. The van der Waals surface area contributed by atoms with Crippen LogP contribution in [-0.4, -0.2) is 21.8 Å². The summed E-state index contributed by atoms with van der Waals surface area (Å²) < 4.78 is 2.16. The number of nitrogens with zero attached hydrogens (tertiary/aromatic N) is 2. The Hall–Kier alpha value is -3.70. The van der Waals surface area contributed by atoms with E-state index in [0.717, 1.165) is 23.0 Å². The summed E-state index contributed by atoms with van der Waals surface area (Å²) >= 11 is 0. The summed E-state index contributed by atoms with van der Waals surface area (Å²) in [5, 5.41) is 15.2. The molecule has 0 aliphatic rings. The summed E-state index contributed by atoms with van der Waals surface area (Å²) in [4.78, 5) is 12.2. The molecule has 1 amide bonds. The molecule has 0 radical (unpaired) electrons. The Morgan fingerprint density at radius 2 is 1.62 bits per heavy atom. The molecule has 1 heterocycles. The lowest BCUT2D eigenvalue weighted by Crippen LogP contribution is -2.25. The van der Waals surface area contributed by atoms with Gasteiger partial charge in [-0.05, 0) is 17.2 Å². The van der Waals surface area contributed by atoms with Gasteiger partial charge in [0.2, 0.25) is 0 Å². The van der Waals surface area contributed by atoms with Gasteiger partial charge in [0.05, 0.1) is 6.21 Å². The van der Waals surface area contributed by atoms with Crippen molar-refractivity contribution in [3.05, 3.63) is 108 Å². The average molecular weight is 383 g/mol. The molecule has 1 aromatic heterocycles. The molecule has 0 fully saturated rings. The Kier molecular flexibility index (Phi) is 5.49. The molecule has 0 aliphatic carbocycles. The molecule has 0 bridgehead atoms. The smallest absolute Gasteiger partial charge is 0.273 e. The van der Waals surface area contributed by atoms with Crippen molar-refractivity contribution in [3.63, 3.8) is 0 Å². The fraction of sp³-hybridized carbons (Fsp3) is 0.0833. The molecule has 0 unspecified atom stereocenters. The molecule has 0 aliphatic heterocycles. The highest BCUT2D eigenvalue weighted by atomic mass is 16.3. The maximum Gasteiger partial charge on any atom is 0.273 e. The van der Waals surface area contributed by atoms with Crippen LogP contribution < -0.4 is 5.43 Å². The number of carbonyl (C=O) groups is 1. The van der Waals surface area contributed by atoms with Crippen molar-refractivity contribution in [2.24, 2.45) is 5.10 Å². The molecule has 0 spiro atoms. The third-order valence-electron chi connectivity index (χ3n) is 4.76. The molecular weight excluding hydrogens is 362 g/mol. The standard InChI is InChI=1S/C24H21N3O2/c28-23(19-11-5-2-6-12-19)24(29)26-25-15-20-17-27(16-18-9-3-1-4-10-18)22-14-8-7-13-21(20)22/h1-15,17,23,28H,16H2,(H,26,29)/b25-15-/t23-/m0/s1. The van der Waals surface area contributed by atoms with E-state index in [-0.39, 0.29) is 0 Å². The molecular formula is C24H21N3O2. The van der Waals surface area contributed by atoms with Crippen LogP contribution in [0.5, 0.6) is 0 Å². The monoisotopic (exact) mass is 383 g/mol. The second kappa shape index (κ2) is 8.54. The van der Waals surface area contributed by atoms with Gasteiger partial charge >= 0.3 is 0 Å². The Labute approximate surface area is 168 Å². The molecule has 4 aromatic rings. The lowest BCUT2D eigenvalue weighted by molar-refractivity contribution is -0.129. The van der Waals surface area contributed by atoms with Crippen molar-refractivity contribution in [2.75, 3.05) is 0 Å². The Morgan fingerprint density at radius 3 is 2.38 bits per heavy atom. The van der Waals surface area contributed by atoms with E-state index in [1.165, 1.54) is 5.56 Å². The molecule has 4 rings (SSSR count). The summed E-state index contributed by atoms with van der Waals surface area (Å²) in [6.07, 6.45) is 2.37. The Bertz CT molecular complexity index is 1130. The lowest BCUT2D eigenvalue weighted by atomic mass is 10.1. The summed E-state index contributed by atoms with van der Waals surface area (Å²) in [6, 6.07) is 27.1. The second-order valence-electron chi connectivity index (χ2n) is 6.76. The Balaban J connectivity index is 1.52. The van der Waals surface area contributed by atoms with E-state index >= 15 is 0 Å². The van der Waals surface area contributed by atoms with Gasteiger partial charge in [0.1, 0.15) is 0 Å². The largest absolute Gasteiger partial charge is 0.378 e. The number of rotatable bonds is 6. The number of amides is 1. The highest BCUT2D eigenvalue weighted by Gasteiger charge is 2.16. The number of para-hydroxylation sites is 1. The third-order valence-corrected chi connectivity index (χ3v) is 4.76. The third kappa shape index (κ3) is 4.25. The maximum atomic E-state index is 12.2. The molecule has 3 aromatic carbocycles. The minimum Gasteiger partial charge on any atom is -0.378 e. The number of hydrogen-bond donors (Lipinski definition) is 2. The zero-order valence-corrected chi connectivity index (χ0v) is 15.8. The van der Waals surface area contributed by atoms with Crippen LogP contribution in [-0.2, 0) is 11.3 Å². The van der Waals surface area contributed by atoms with E-state index in [4.69, 9.17) is 0 Å². The van der Waals surface area contributed by atoms with Crippen LogP contribution in [0.25, 0.3) is 10.9 Å². The molecule has 5 heteroatoms. The highest BCUT2D eigenvalue weighted by molar-refractivity contribution is 5.99. The van der Waals surface area contributed by atoms with Gasteiger partial charge in [-0.25, -0.2) is 5.43 Å². The number of aliphatic hydroxyl groups excluding tert-OH is 1. The summed E-state index contributed by atoms with van der Waals surface area (Å²) in [5.74, 6) is -0.569. The summed E-state index contributed by atoms with van der Waals surface area (Å²) in [6.45, 7) is 0.744. The van der Waals surface area contributed by atoms with Gasteiger partial charge in [0.25, 0.3) is 5.91 Å². The van der Waals surface area contributed by atoms with E-state index in [1.807, 2.05) is 48.7 Å². The zero-order valence-electron chi connectivity index (χ0n) is 15.8. The highest BCUT2D eigenvalue weighted by Crippen LogP contribution is 2.21. The fourth-order valence-electron chi connectivity index (χ4n) is 3.30. The predicted octanol–water partition coefficient (Wildman–Crippen LogP) is 3.87. The molecule has 0 saturated carbocycles. The topological polar surface area (TPSA) is 66.6 Å². The van der Waals surface area contributed by atoms with Gasteiger partial charge in [0.15, 0.2) is 6.10 Å². The van der Waals surface area contributed by atoms with Gasteiger partial charge in [-0.1, -0.05) is 78.9 Å². The van der Waals surface area contributed by atoms with Crippen LogP contribution in [0.2, 0.25) is 0 Å². The number of fused-ring (bicyclic) bond motifs is 1. The van der Waals surface area contributed by atoms with E-state index in [1.54, 1.807) is 30.5 Å². The van der Waals surface area contributed by atoms with Crippen molar-refractivity contribution in [3.8, 4) is 0 Å². The summed E-state index contributed by atoms with van der Waals surface area (Å²) in [5.41, 5.74) is 6.14. The van der Waals surface area contributed by atoms with Gasteiger partial charge in [-0.15, -0.1) is 0 Å². The molecule has 29 heavy (non-hydrogen) atoms. The number of aliphatic hydroxyl groups is 1. The second-order valence-corrected chi connectivity index (χ2v) is 6.76. The zero-order chi connectivity index (χ0) is 20.1. The first kappa shape index (κ1) is 18.7. The molecule has 2 N–H and O–H groups in total. The van der Waals surface area contributed by atoms with E-state index < -0.39 is 12.0 Å². The normalized spacial score (nSPS) is 12.3. The maximum absolute atomic E-state index is 12.2. The van der Waals surface area contributed by atoms with Crippen molar-refractivity contribution in [2.45, 2.75) is 12.6 Å². The SMILES string of the molecule is O=C(N/N=C\c1cn(Cc2ccccc2)c2ccccc12)[C@@H](O)c1ccccc1. The number of hydrogen-bond acceptors (Lipinski definition) is 3. The van der Waals surface area contributed by atoms with Crippen LogP contribution in [0.1, 0.15) is 22.8 Å². The van der Waals surface area contributed by atoms with Gasteiger partial charge in [-0.3, -0.25) is 4.79 Å². The molecule has 144 valence electrons. The quantitative estimate of drug-likeness (QED) is 0.392.